The van der Waals surface area contributed by atoms with Gasteiger partial charge in [0.25, 0.3) is 0 Å². The van der Waals surface area contributed by atoms with Gasteiger partial charge in [0.2, 0.25) is 0 Å². The maximum atomic E-state index is 6.14. The molecule has 2 aliphatic rings. The highest BCUT2D eigenvalue weighted by Crippen LogP contribution is 2.50. The minimum Gasteiger partial charge on any atom is -0.381 e. The Morgan fingerprint density at radius 3 is 2.82 bits per heavy atom. The van der Waals surface area contributed by atoms with Crippen molar-refractivity contribution in [1.29, 1.82) is 0 Å². The Morgan fingerprint density at radius 2 is 2.24 bits per heavy atom. The first-order chi connectivity index (χ1) is 8.22. The quantitative estimate of drug-likeness (QED) is 0.867. The van der Waals surface area contributed by atoms with Gasteiger partial charge < -0.3 is 10.5 Å². The minimum absolute atomic E-state index is 0.262. The van der Waals surface area contributed by atoms with E-state index in [4.69, 9.17) is 10.5 Å². The molecule has 1 saturated heterocycles. The predicted molar refractivity (Wildman–Crippen MR) is 69.2 cm³/mol. The van der Waals surface area contributed by atoms with Crippen LogP contribution in [0.3, 0.4) is 0 Å². The summed E-state index contributed by atoms with van der Waals surface area (Å²) in [6.45, 7) is 3.93. The lowest BCUT2D eigenvalue weighted by atomic mass is 9.86. The molecule has 1 aliphatic carbocycles. The van der Waals surface area contributed by atoms with Crippen molar-refractivity contribution < 1.29 is 4.74 Å². The van der Waals surface area contributed by atoms with Crippen LogP contribution in [0.4, 0.5) is 0 Å². The Morgan fingerprint density at radius 1 is 1.41 bits per heavy atom. The standard InChI is InChI=1S/C15H21NO/c1-11(16)15(6-7-15)14-4-2-3-12(9-14)13-5-8-17-10-13/h2-4,9,11,13H,5-8,10,16H2,1H3. The van der Waals surface area contributed by atoms with Gasteiger partial charge in [0.05, 0.1) is 6.61 Å². The maximum Gasteiger partial charge on any atom is 0.0535 e. The first kappa shape index (κ1) is 11.2. The van der Waals surface area contributed by atoms with Gasteiger partial charge in [-0.3, -0.25) is 0 Å². The summed E-state index contributed by atoms with van der Waals surface area (Å²) in [5.74, 6) is 0.596. The highest BCUT2D eigenvalue weighted by atomic mass is 16.5. The zero-order chi connectivity index (χ0) is 11.9. The molecule has 2 fully saturated rings. The average Bonchev–Trinajstić information content (AvgIpc) is 2.98. The summed E-state index contributed by atoms with van der Waals surface area (Å²) >= 11 is 0. The molecule has 2 N–H and O–H groups in total. The molecule has 2 atom stereocenters. The molecule has 3 rings (SSSR count). The minimum atomic E-state index is 0.262. The zero-order valence-electron chi connectivity index (χ0n) is 10.5. The molecule has 1 saturated carbocycles. The number of hydrogen-bond acceptors (Lipinski definition) is 2. The molecular formula is C15H21NO. The fourth-order valence-electron chi connectivity index (χ4n) is 3.04. The second kappa shape index (κ2) is 4.11. The van der Waals surface area contributed by atoms with E-state index < -0.39 is 0 Å². The van der Waals surface area contributed by atoms with E-state index >= 15 is 0 Å². The maximum absolute atomic E-state index is 6.14. The van der Waals surface area contributed by atoms with Crippen molar-refractivity contribution in [3.05, 3.63) is 35.4 Å². The normalized spacial score (nSPS) is 28.0. The largest absolute Gasteiger partial charge is 0.381 e. The third-order valence-electron chi connectivity index (χ3n) is 4.52. The van der Waals surface area contributed by atoms with Gasteiger partial charge in [-0.2, -0.15) is 0 Å². The van der Waals surface area contributed by atoms with Gasteiger partial charge >= 0.3 is 0 Å². The molecule has 2 heteroatoms. The third kappa shape index (κ3) is 1.90. The van der Waals surface area contributed by atoms with Gasteiger partial charge in [0.1, 0.15) is 0 Å². The molecule has 0 aromatic heterocycles. The summed E-state index contributed by atoms with van der Waals surface area (Å²) in [4.78, 5) is 0. The van der Waals surface area contributed by atoms with Crippen LogP contribution in [0.15, 0.2) is 24.3 Å². The van der Waals surface area contributed by atoms with E-state index in [1.807, 2.05) is 0 Å². The molecule has 0 radical (unpaired) electrons. The van der Waals surface area contributed by atoms with Crippen molar-refractivity contribution in [2.24, 2.45) is 5.73 Å². The van der Waals surface area contributed by atoms with E-state index in [0.717, 1.165) is 19.6 Å². The lowest BCUT2D eigenvalue weighted by Crippen LogP contribution is -2.31. The van der Waals surface area contributed by atoms with Crippen LogP contribution < -0.4 is 5.73 Å². The summed E-state index contributed by atoms with van der Waals surface area (Å²) in [5, 5.41) is 0. The summed E-state index contributed by atoms with van der Waals surface area (Å²) in [7, 11) is 0. The fourth-order valence-corrected chi connectivity index (χ4v) is 3.04. The molecule has 17 heavy (non-hydrogen) atoms. The molecular weight excluding hydrogens is 210 g/mol. The molecule has 1 aromatic rings. The summed E-state index contributed by atoms with van der Waals surface area (Å²) in [5.41, 5.74) is 9.30. The Kier molecular flexibility index (Phi) is 2.72. The van der Waals surface area contributed by atoms with E-state index in [1.54, 1.807) is 0 Å². The first-order valence-corrected chi connectivity index (χ1v) is 6.66. The number of nitrogens with two attached hydrogens (primary N) is 1. The molecule has 2 unspecified atom stereocenters. The van der Waals surface area contributed by atoms with Crippen LogP contribution in [-0.4, -0.2) is 19.3 Å². The smallest absolute Gasteiger partial charge is 0.0535 e. The molecule has 1 heterocycles. The fraction of sp³-hybridized carbons (Fsp3) is 0.600. The lowest BCUT2D eigenvalue weighted by molar-refractivity contribution is 0.194. The lowest BCUT2D eigenvalue weighted by Gasteiger charge is -2.21. The highest BCUT2D eigenvalue weighted by molar-refractivity contribution is 5.37. The molecule has 1 aliphatic heterocycles. The topological polar surface area (TPSA) is 35.2 Å². The molecule has 92 valence electrons. The average molecular weight is 231 g/mol. The predicted octanol–water partition coefficient (Wildman–Crippen LogP) is 2.57. The highest BCUT2D eigenvalue weighted by Gasteiger charge is 2.47. The Bertz CT molecular complexity index is 403. The van der Waals surface area contributed by atoms with Gasteiger partial charge in [0.15, 0.2) is 0 Å². The van der Waals surface area contributed by atoms with E-state index in [1.165, 1.54) is 24.0 Å². The van der Waals surface area contributed by atoms with Crippen molar-refractivity contribution in [2.45, 2.75) is 43.6 Å². The van der Waals surface area contributed by atoms with Crippen LogP contribution >= 0.6 is 0 Å². The van der Waals surface area contributed by atoms with Crippen molar-refractivity contribution in [2.75, 3.05) is 13.2 Å². The monoisotopic (exact) mass is 231 g/mol. The van der Waals surface area contributed by atoms with Crippen molar-refractivity contribution >= 4 is 0 Å². The number of ether oxygens (including phenoxy) is 1. The number of benzene rings is 1. The van der Waals surface area contributed by atoms with E-state index in [-0.39, 0.29) is 11.5 Å². The second-order valence-electron chi connectivity index (χ2n) is 5.63. The Labute approximate surface area is 103 Å². The zero-order valence-corrected chi connectivity index (χ0v) is 10.5. The summed E-state index contributed by atoms with van der Waals surface area (Å²) in [6, 6.07) is 9.30. The van der Waals surface area contributed by atoms with Crippen molar-refractivity contribution in [3.8, 4) is 0 Å². The van der Waals surface area contributed by atoms with Gasteiger partial charge in [-0.15, -0.1) is 0 Å². The van der Waals surface area contributed by atoms with Crippen LogP contribution in [-0.2, 0) is 10.2 Å². The van der Waals surface area contributed by atoms with Gasteiger partial charge in [0, 0.05) is 24.0 Å². The Balaban J connectivity index is 1.89. The Hall–Kier alpha value is -0.860. The number of rotatable bonds is 3. The van der Waals surface area contributed by atoms with Crippen molar-refractivity contribution in [3.63, 3.8) is 0 Å². The molecule has 1 aromatic carbocycles. The van der Waals surface area contributed by atoms with Crippen LogP contribution in [0.1, 0.15) is 43.2 Å². The van der Waals surface area contributed by atoms with Gasteiger partial charge in [-0.1, -0.05) is 24.3 Å². The van der Waals surface area contributed by atoms with E-state index in [0.29, 0.717) is 5.92 Å². The van der Waals surface area contributed by atoms with Crippen LogP contribution in [0.5, 0.6) is 0 Å². The number of hydrogen-bond donors (Lipinski definition) is 1. The van der Waals surface area contributed by atoms with Gasteiger partial charge in [-0.05, 0) is 37.3 Å². The second-order valence-corrected chi connectivity index (χ2v) is 5.63. The van der Waals surface area contributed by atoms with E-state index in [2.05, 4.69) is 31.2 Å². The van der Waals surface area contributed by atoms with Crippen LogP contribution in [0.25, 0.3) is 0 Å². The summed E-state index contributed by atoms with van der Waals surface area (Å²) < 4.78 is 5.48. The molecule has 2 nitrogen and oxygen atoms in total. The summed E-state index contributed by atoms with van der Waals surface area (Å²) in [6.07, 6.45) is 3.65. The van der Waals surface area contributed by atoms with E-state index in [9.17, 15) is 0 Å². The van der Waals surface area contributed by atoms with Crippen LogP contribution in [0.2, 0.25) is 0 Å². The van der Waals surface area contributed by atoms with Crippen LogP contribution in [0, 0.1) is 0 Å². The molecule has 0 spiro atoms. The molecule has 0 bridgehead atoms. The third-order valence-corrected chi connectivity index (χ3v) is 4.52. The van der Waals surface area contributed by atoms with Gasteiger partial charge in [-0.25, -0.2) is 0 Å². The first-order valence-electron chi connectivity index (χ1n) is 6.66. The SMILES string of the molecule is CC(N)C1(c2cccc(C3CCOC3)c2)CC1. The van der Waals surface area contributed by atoms with Crippen molar-refractivity contribution in [1.82, 2.24) is 0 Å². The molecule has 0 amide bonds.